The van der Waals surface area contributed by atoms with E-state index in [-0.39, 0.29) is 18.2 Å². The van der Waals surface area contributed by atoms with Gasteiger partial charge >= 0.3 is 5.97 Å². The first-order chi connectivity index (χ1) is 14.2. The Bertz CT molecular complexity index is 1090. The van der Waals surface area contributed by atoms with Crippen molar-refractivity contribution in [2.45, 2.75) is 34.2 Å². The van der Waals surface area contributed by atoms with Crippen molar-refractivity contribution in [2.75, 3.05) is 11.9 Å². The summed E-state index contributed by atoms with van der Waals surface area (Å²) in [5.41, 5.74) is 1.94. The Morgan fingerprint density at radius 3 is 2.30 bits per heavy atom. The Hall–Kier alpha value is -3.41. The highest BCUT2D eigenvalue weighted by Crippen LogP contribution is 2.28. The second kappa shape index (κ2) is 8.53. The fraction of sp³-hybridized carbons (Fsp3) is 0.292. The predicted molar refractivity (Wildman–Crippen MR) is 117 cm³/mol. The smallest absolute Gasteiger partial charge is 0.338 e. The summed E-state index contributed by atoms with van der Waals surface area (Å²) >= 11 is 0. The Morgan fingerprint density at radius 1 is 1.00 bits per heavy atom. The number of aromatic nitrogens is 1. The van der Waals surface area contributed by atoms with E-state index >= 15 is 0 Å². The highest BCUT2D eigenvalue weighted by Gasteiger charge is 2.26. The molecule has 0 aliphatic carbocycles. The Kier molecular flexibility index (Phi) is 6.06. The summed E-state index contributed by atoms with van der Waals surface area (Å²) in [6.45, 7) is 7.77. The molecular weight excluding hydrogens is 380 g/mol. The molecule has 1 N–H and O–H groups in total. The largest absolute Gasteiger partial charge is 0.462 e. The minimum Gasteiger partial charge on any atom is -0.462 e. The maximum Gasteiger partial charge on any atom is 0.338 e. The van der Waals surface area contributed by atoms with E-state index in [0.717, 1.165) is 10.9 Å². The molecule has 0 aliphatic rings. The number of rotatable bonds is 6. The van der Waals surface area contributed by atoms with E-state index in [1.165, 1.54) is 0 Å². The molecule has 0 bridgehead atoms. The van der Waals surface area contributed by atoms with Gasteiger partial charge in [0.15, 0.2) is 5.78 Å². The first-order valence-electron chi connectivity index (χ1n) is 9.90. The van der Waals surface area contributed by atoms with Crippen molar-refractivity contribution in [3.8, 4) is 0 Å². The summed E-state index contributed by atoms with van der Waals surface area (Å²) in [7, 11) is 0. The fourth-order valence-corrected chi connectivity index (χ4v) is 3.22. The summed E-state index contributed by atoms with van der Waals surface area (Å²) in [5.74, 6) is -0.591. The van der Waals surface area contributed by atoms with Crippen LogP contribution in [-0.4, -0.2) is 28.8 Å². The molecule has 3 rings (SSSR count). The van der Waals surface area contributed by atoms with Crippen molar-refractivity contribution in [1.82, 2.24) is 4.57 Å². The Balaban J connectivity index is 1.79. The van der Waals surface area contributed by atoms with E-state index in [4.69, 9.17) is 4.74 Å². The van der Waals surface area contributed by atoms with Crippen LogP contribution in [0.4, 0.5) is 5.69 Å². The van der Waals surface area contributed by atoms with Crippen molar-refractivity contribution >= 4 is 34.3 Å². The third-order valence-electron chi connectivity index (χ3n) is 4.71. The van der Waals surface area contributed by atoms with Gasteiger partial charge in [-0.25, -0.2) is 4.79 Å². The zero-order valence-electron chi connectivity index (χ0n) is 17.7. The van der Waals surface area contributed by atoms with Gasteiger partial charge in [-0.15, -0.1) is 0 Å². The van der Waals surface area contributed by atoms with Crippen LogP contribution in [0.2, 0.25) is 0 Å². The molecule has 0 radical (unpaired) electrons. The molecule has 0 fully saturated rings. The molecule has 0 aliphatic heterocycles. The zero-order valence-corrected chi connectivity index (χ0v) is 17.7. The third-order valence-corrected chi connectivity index (χ3v) is 4.71. The average Bonchev–Trinajstić information content (AvgIpc) is 3.05. The van der Waals surface area contributed by atoms with Crippen LogP contribution < -0.4 is 5.32 Å². The number of amides is 1. The lowest BCUT2D eigenvalue weighted by Crippen LogP contribution is -2.20. The van der Waals surface area contributed by atoms with Gasteiger partial charge in [0.1, 0.15) is 6.54 Å². The van der Waals surface area contributed by atoms with Crippen molar-refractivity contribution in [1.29, 1.82) is 0 Å². The first-order valence-corrected chi connectivity index (χ1v) is 9.90. The molecular formula is C24H26N2O4. The number of Topliss-reactive ketones (excluding diaryl/α,β-unsaturated/α-hetero) is 1. The van der Waals surface area contributed by atoms with Crippen molar-refractivity contribution in [3.05, 3.63) is 65.9 Å². The number of nitrogens with one attached hydrogen (secondary N) is 1. The van der Waals surface area contributed by atoms with Gasteiger partial charge in [0.25, 0.3) is 0 Å². The lowest BCUT2D eigenvalue weighted by Gasteiger charge is -2.15. The van der Waals surface area contributed by atoms with Crippen LogP contribution in [0.15, 0.2) is 54.7 Å². The van der Waals surface area contributed by atoms with E-state index in [2.05, 4.69) is 5.32 Å². The third kappa shape index (κ3) is 4.59. The van der Waals surface area contributed by atoms with E-state index in [9.17, 15) is 14.4 Å². The van der Waals surface area contributed by atoms with E-state index in [1.54, 1.807) is 42.0 Å². The Labute approximate surface area is 175 Å². The monoisotopic (exact) mass is 406 g/mol. The number of carbonyl (C=O) groups excluding carboxylic acids is 3. The number of hydrogen-bond donors (Lipinski definition) is 1. The van der Waals surface area contributed by atoms with Gasteiger partial charge in [-0.1, -0.05) is 39.0 Å². The quantitative estimate of drug-likeness (QED) is 0.476. The second-order valence-electron chi connectivity index (χ2n) is 8.11. The molecule has 1 amide bonds. The molecule has 2 aromatic carbocycles. The van der Waals surface area contributed by atoms with Gasteiger partial charge in [0.05, 0.1) is 12.2 Å². The molecule has 0 spiro atoms. The number of para-hydroxylation sites is 1. The van der Waals surface area contributed by atoms with Crippen LogP contribution in [0.5, 0.6) is 0 Å². The minimum atomic E-state index is -0.516. The van der Waals surface area contributed by atoms with E-state index in [0.29, 0.717) is 23.4 Å². The molecule has 0 atom stereocenters. The van der Waals surface area contributed by atoms with Gasteiger partial charge in [-0.05, 0) is 37.3 Å². The SMILES string of the molecule is CCOC(=O)c1ccc(NC(=O)Cn2cc(C(=O)C(C)(C)C)c3ccccc32)cc1. The summed E-state index contributed by atoms with van der Waals surface area (Å²) in [5, 5.41) is 3.66. The van der Waals surface area contributed by atoms with Crippen LogP contribution in [0, 0.1) is 5.41 Å². The summed E-state index contributed by atoms with van der Waals surface area (Å²) < 4.78 is 6.75. The van der Waals surface area contributed by atoms with Crippen LogP contribution in [0.25, 0.3) is 10.9 Å². The number of carbonyl (C=O) groups is 3. The second-order valence-corrected chi connectivity index (χ2v) is 8.11. The lowest BCUT2D eigenvalue weighted by atomic mass is 9.86. The van der Waals surface area contributed by atoms with E-state index < -0.39 is 11.4 Å². The summed E-state index contributed by atoms with van der Waals surface area (Å²) in [6, 6.07) is 14.1. The molecule has 30 heavy (non-hydrogen) atoms. The molecule has 0 saturated carbocycles. The average molecular weight is 406 g/mol. The topological polar surface area (TPSA) is 77.4 Å². The standard InChI is InChI=1S/C24H26N2O4/c1-5-30-23(29)16-10-12-17(13-11-16)25-21(27)15-26-14-19(22(28)24(2,3)4)18-8-6-7-9-20(18)26/h6-14H,5,15H2,1-4H3,(H,25,27). The van der Waals surface area contributed by atoms with Gasteiger partial charge in [-0.3, -0.25) is 9.59 Å². The van der Waals surface area contributed by atoms with Crippen LogP contribution in [-0.2, 0) is 16.1 Å². The van der Waals surface area contributed by atoms with Crippen LogP contribution in [0.1, 0.15) is 48.4 Å². The van der Waals surface area contributed by atoms with Crippen molar-refractivity contribution in [3.63, 3.8) is 0 Å². The molecule has 6 heteroatoms. The normalized spacial score (nSPS) is 11.3. The fourth-order valence-electron chi connectivity index (χ4n) is 3.22. The van der Waals surface area contributed by atoms with Crippen LogP contribution in [0.3, 0.4) is 0 Å². The maximum atomic E-state index is 12.9. The number of anilines is 1. The number of benzene rings is 2. The summed E-state index contributed by atoms with van der Waals surface area (Å²) in [4.78, 5) is 37.2. The molecule has 6 nitrogen and oxygen atoms in total. The van der Waals surface area contributed by atoms with Gasteiger partial charge < -0.3 is 14.6 Å². The number of fused-ring (bicyclic) bond motifs is 1. The minimum absolute atomic E-state index is 0.0346. The molecule has 1 aromatic heterocycles. The molecule has 156 valence electrons. The molecule has 0 saturated heterocycles. The maximum absolute atomic E-state index is 12.9. The van der Waals surface area contributed by atoms with Gasteiger partial charge in [0.2, 0.25) is 5.91 Å². The number of ketones is 1. The van der Waals surface area contributed by atoms with Crippen molar-refractivity contribution < 1.29 is 19.1 Å². The number of ether oxygens (including phenoxy) is 1. The zero-order chi connectivity index (χ0) is 21.9. The molecule has 3 aromatic rings. The number of esters is 1. The molecule has 1 heterocycles. The Morgan fingerprint density at radius 2 is 1.67 bits per heavy atom. The highest BCUT2D eigenvalue weighted by atomic mass is 16.5. The molecule has 0 unspecified atom stereocenters. The van der Waals surface area contributed by atoms with Crippen LogP contribution >= 0.6 is 0 Å². The van der Waals surface area contributed by atoms with Crippen molar-refractivity contribution in [2.24, 2.45) is 5.41 Å². The number of nitrogens with zero attached hydrogens (tertiary/aromatic N) is 1. The number of hydrogen-bond acceptors (Lipinski definition) is 4. The van der Waals surface area contributed by atoms with Gasteiger partial charge in [0, 0.05) is 33.8 Å². The predicted octanol–water partition coefficient (Wildman–Crippen LogP) is 4.69. The van der Waals surface area contributed by atoms with Gasteiger partial charge in [-0.2, -0.15) is 0 Å². The highest BCUT2D eigenvalue weighted by molar-refractivity contribution is 6.10. The summed E-state index contributed by atoms with van der Waals surface area (Å²) in [6.07, 6.45) is 1.75. The first kappa shape index (κ1) is 21.3. The van der Waals surface area contributed by atoms with E-state index in [1.807, 2.05) is 45.0 Å². The lowest BCUT2D eigenvalue weighted by molar-refractivity contribution is -0.116.